The van der Waals surface area contributed by atoms with E-state index in [0.717, 1.165) is 21.5 Å². The van der Waals surface area contributed by atoms with Crippen molar-refractivity contribution in [1.82, 2.24) is 10.2 Å². The van der Waals surface area contributed by atoms with Gasteiger partial charge >= 0.3 is 0 Å². The Morgan fingerprint density at radius 1 is 0.976 bits per heavy atom. The summed E-state index contributed by atoms with van der Waals surface area (Å²) in [5.41, 5.74) is 0.781. The van der Waals surface area contributed by atoms with E-state index in [-0.39, 0.29) is 35.1 Å². The molecule has 0 spiro atoms. The number of hydrogen-bond acceptors (Lipinski definition) is 6. The number of carbonyl (C=O) groups is 2. The van der Waals surface area contributed by atoms with Crippen LogP contribution in [-0.4, -0.2) is 48.2 Å². The van der Waals surface area contributed by atoms with Crippen molar-refractivity contribution in [1.29, 1.82) is 0 Å². The number of sulfonamides is 1. The van der Waals surface area contributed by atoms with Crippen molar-refractivity contribution in [2.24, 2.45) is 0 Å². The van der Waals surface area contributed by atoms with Gasteiger partial charge in [-0.1, -0.05) is 55.5 Å². The van der Waals surface area contributed by atoms with Crippen LogP contribution >= 0.6 is 0 Å². The molecule has 0 aromatic heterocycles. The van der Waals surface area contributed by atoms with Gasteiger partial charge in [0.1, 0.15) is 12.6 Å². The molecule has 0 aliphatic heterocycles. The van der Waals surface area contributed by atoms with Crippen molar-refractivity contribution >= 4 is 33.2 Å². The molecule has 3 aromatic rings. The van der Waals surface area contributed by atoms with Crippen LogP contribution in [0.2, 0.25) is 0 Å². The van der Waals surface area contributed by atoms with Gasteiger partial charge in [0.2, 0.25) is 11.8 Å². The molecule has 0 aliphatic carbocycles. The second-order valence-corrected chi connectivity index (χ2v) is 12.6. The van der Waals surface area contributed by atoms with Crippen molar-refractivity contribution in [3.63, 3.8) is 0 Å². The molecule has 0 aliphatic rings. The molecular weight excluding hydrogens is 544 g/mol. The number of aryl methyl sites for hydroxylation is 1. The molecule has 218 valence electrons. The number of anilines is 1. The smallest absolute Gasteiger partial charge is 0.271 e. The van der Waals surface area contributed by atoms with Crippen molar-refractivity contribution in [3.05, 3.63) is 100 Å². The van der Waals surface area contributed by atoms with E-state index in [4.69, 9.17) is 0 Å². The van der Waals surface area contributed by atoms with Crippen LogP contribution in [0.5, 0.6) is 0 Å². The lowest BCUT2D eigenvalue weighted by Gasteiger charge is -2.35. The number of amides is 2. The highest BCUT2D eigenvalue weighted by Gasteiger charge is 2.35. The van der Waals surface area contributed by atoms with E-state index in [0.29, 0.717) is 0 Å². The summed E-state index contributed by atoms with van der Waals surface area (Å²) >= 11 is 0. The number of carbonyl (C=O) groups excluding carboxylic acids is 2. The summed E-state index contributed by atoms with van der Waals surface area (Å²) in [6.07, 6.45) is 0.280. The van der Waals surface area contributed by atoms with Gasteiger partial charge in [0, 0.05) is 24.2 Å². The molecule has 0 bridgehead atoms. The molecule has 3 rings (SSSR count). The minimum atomic E-state index is -4.32. The molecule has 0 fully saturated rings. The fraction of sp³-hybridized carbons (Fsp3) is 0.333. The first-order chi connectivity index (χ1) is 19.2. The Labute approximate surface area is 241 Å². The zero-order valence-electron chi connectivity index (χ0n) is 23.9. The summed E-state index contributed by atoms with van der Waals surface area (Å²) < 4.78 is 28.6. The molecule has 1 unspecified atom stereocenters. The summed E-state index contributed by atoms with van der Waals surface area (Å²) in [6, 6.07) is 19.2. The number of nitro groups is 1. The normalized spacial score (nSPS) is 12.3. The Bertz CT molecular complexity index is 1500. The number of nitro benzene ring substituents is 1. The SMILES string of the molecule is CCC(C(=O)NC(C)(C)C)N(Cc1ccccc1C)C(=O)CN(c1cccc([N+](=O)[O-])c1)S(=O)(=O)c1ccccc1. The molecule has 0 radical (unpaired) electrons. The van der Waals surface area contributed by atoms with Crippen LogP contribution < -0.4 is 9.62 Å². The Balaban J connectivity index is 2.12. The number of rotatable bonds is 11. The first-order valence-corrected chi connectivity index (χ1v) is 14.7. The minimum Gasteiger partial charge on any atom is -0.350 e. The van der Waals surface area contributed by atoms with Crippen molar-refractivity contribution in [3.8, 4) is 0 Å². The Morgan fingerprint density at radius 3 is 2.20 bits per heavy atom. The fourth-order valence-electron chi connectivity index (χ4n) is 4.35. The standard InChI is InChI=1S/C30H36N4O6S/c1-6-27(29(36)31-30(3,4)5)32(20-23-14-11-10-13-22(23)2)28(35)21-33(24-15-12-16-25(19-24)34(37)38)41(39,40)26-17-8-7-9-18-26/h7-19,27H,6,20-21H2,1-5H3,(H,31,36). The third-order valence-electron chi connectivity index (χ3n) is 6.42. The lowest BCUT2D eigenvalue weighted by atomic mass is 10.0. The second kappa shape index (κ2) is 12.9. The van der Waals surface area contributed by atoms with Crippen LogP contribution in [0.1, 0.15) is 45.2 Å². The van der Waals surface area contributed by atoms with Crippen LogP contribution in [0.4, 0.5) is 11.4 Å². The predicted octanol–water partition coefficient (Wildman–Crippen LogP) is 4.82. The average molecular weight is 581 g/mol. The van der Waals surface area contributed by atoms with Gasteiger partial charge in [-0.05, 0) is 63.4 Å². The molecule has 3 aromatic carbocycles. The van der Waals surface area contributed by atoms with E-state index < -0.39 is 39.0 Å². The van der Waals surface area contributed by atoms with Crippen LogP contribution in [0, 0.1) is 17.0 Å². The summed E-state index contributed by atoms with van der Waals surface area (Å²) in [4.78, 5) is 39.7. The Hall–Kier alpha value is -4.25. The average Bonchev–Trinajstić information content (AvgIpc) is 2.92. The minimum absolute atomic E-state index is 0.0422. The number of benzene rings is 3. The maximum absolute atomic E-state index is 14.1. The van der Waals surface area contributed by atoms with Gasteiger partial charge in [-0.3, -0.25) is 24.0 Å². The number of nitrogens with one attached hydrogen (secondary N) is 1. The van der Waals surface area contributed by atoms with E-state index >= 15 is 0 Å². The summed E-state index contributed by atoms with van der Waals surface area (Å²) in [7, 11) is -4.32. The van der Waals surface area contributed by atoms with E-state index in [2.05, 4.69) is 5.32 Å². The van der Waals surface area contributed by atoms with Crippen LogP contribution in [0.15, 0.2) is 83.8 Å². The molecule has 0 saturated carbocycles. The lowest BCUT2D eigenvalue weighted by molar-refractivity contribution is -0.384. The summed E-state index contributed by atoms with van der Waals surface area (Å²) in [6.45, 7) is 8.57. The highest BCUT2D eigenvalue weighted by Crippen LogP contribution is 2.28. The molecule has 10 nitrogen and oxygen atoms in total. The summed E-state index contributed by atoms with van der Waals surface area (Å²) in [5.74, 6) is -0.995. The van der Waals surface area contributed by atoms with E-state index in [1.807, 2.05) is 52.0 Å². The molecule has 41 heavy (non-hydrogen) atoms. The van der Waals surface area contributed by atoms with Crippen LogP contribution in [-0.2, 0) is 26.2 Å². The van der Waals surface area contributed by atoms with Crippen LogP contribution in [0.25, 0.3) is 0 Å². The summed E-state index contributed by atoms with van der Waals surface area (Å²) in [5, 5.41) is 14.4. The van der Waals surface area contributed by atoms with E-state index in [1.54, 1.807) is 25.1 Å². The number of non-ortho nitro benzene ring substituents is 1. The number of hydrogen-bond donors (Lipinski definition) is 1. The van der Waals surface area contributed by atoms with Gasteiger partial charge in [-0.25, -0.2) is 8.42 Å². The Kier molecular flexibility index (Phi) is 9.88. The first-order valence-electron chi connectivity index (χ1n) is 13.2. The van der Waals surface area contributed by atoms with Crippen molar-refractivity contribution < 1.29 is 22.9 Å². The quantitative estimate of drug-likeness (QED) is 0.256. The third kappa shape index (κ3) is 7.91. The maximum atomic E-state index is 14.1. The molecule has 2 amide bonds. The first kappa shape index (κ1) is 31.3. The zero-order chi connectivity index (χ0) is 30.4. The van der Waals surface area contributed by atoms with Gasteiger partial charge in [-0.2, -0.15) is 0 Å². The molecule has 0 heterocycles. The Morgan fingerprint density at radius 2 is 1.61 bits per heavy atom. The largest absolute Gasteiger partial charge is 0.350 e. The topological polar surface area (TPSA) is 130 Å². The predicted molar refractivity (Wildman–Crippen MR) is 158 cm³/mol. The monoisotopic (exact) mass is 580 g/mol. The van der Waals surface area contributed by atoms with Gasteiger partial charge in [0.25, 0.3) is 15.7 Å². The highest BCUT2D eigenvalue weighted by atomic mass is 32.2. The maximum Gasteiger partial charge on any atom is 0.271 e. The van der Waals surface area contributed by atoms with Gasteiger partial charge in [-0.15, -0.1) is 0 Å². The molecule has 1 atom stereocenters. The lowest BCUT2D eigenvalue weighted by Crippen LogP contribution is -2.55. The fourth-order valence-corrected chi connectivity index (χ4v) is 5.78. The van der Waals surface area contributed by atoms with Gasteiger partial charge in [0.05, 0.1) is 15.5 Å². The van der Waals surface area contributed by atoms with Crippen molar-refractivity contribution in [2.75, 3.05) is 10.8 Å². The van der Waals surface area contributed by atoms with E-state index in [9.17, 15) is 28.1 Å². The van der Waals surface area contributed by atoms with Crippen LogP contribution in [0.3, 0.4) is 0 Å². The number of nitrogens with zero attached hydrogens (tertiary/aromatic N) is 3. The molecule has 0 saturated heterocycles. The van der Waals surface area contributed by atoms with Gasteiger partial charge in [0.15, 0.2) is 0 Å². The third-order valence-corrected chi connectivity index (χ3v) is 8.21. The molecule has 1 N–H and O–H groups in total. The van der Waals surface area contributed by atoms with E-state index in [1.165, 1.54) is 35.2 Å². The van der Waals surface area contributed by atoms with Crippen molar-refractivity contribution in [2.45, 2.75) is 64.1 Å². The molecular formula is C30H36N4O6S. The molecule has 11 heteroatoms. The van der Waals surface area contributed by atoms with Gasteiger partial charge < -0.3 is 10.2 Å². The second-order valence-electron chi connectivity index (χ2n) is 10.7. The zero-order valence-corrected chi connectivity index (χ0v) is 24.7. The highest BCUT2D eigenvalue weighted by molar-refractivity contribution is 7.92.